The Morgan fingerprint density at radius 3 is 2.66 bits per heavy atom. The van der Waals surface area contributed by atoms with E-state index < -0.39 is 41.6 Å². The molecule has 7 nitrogen and oxygen atoms in total. The first kappa shape index (κ1) is 18.0. The van der Waals surface area contributed by atoms with Gasteiger partial charge in [0.1, 0.15) is 12.2 Å². The first-order valence-electron chi connectivity index (χ1n) is 9.67. The number of carbonyl (C=O) groups is 3. The molecule has 3 fully saturated rings. The van der Waals surface area contributed by atoms with Crippen molar-refractivity contribution in [2.45, 2.75) is 38.1 Å². The zero-order valence-electron chi connectivity index (χ0n) is 15.8. The standard InChI is InChI=1S/C22H20O7/c1-22-10-14(27-19(23)12-5-3-2-4-6-12)9-15-16(22)18(29-21(22)25)17(28-20(15)24)13-7-8-26-11-13/h2-8,11,14-18H,9-10H2,1H3/t14-,15-,16+,17+,18-,22-/m0/s1. The van der Waals surface area contributed by atoms with Crippen LogP contribution in [0.1, 0.15) is 41.8 Å². The number of rotatable bonds is 3. The van der Waals surface area contributed by atoms with Crippen molar-refractivity contribution in [2.24, 2.45) is 17.3 Å². The van der Waals surface area contributed by atoms with Gasteiger partial charge in [-0.1, -0.05) is 18.2 Å². The van der Waals surface area contributed by atoms with E-state index in [1.165, 1.54) is 12.5 Å². The number of hydrogen-bond acceptors (Lipinski definition) is 7. The predicted molar refractivity (Wildman–Crippen MR) is 97.4 cm³/mol. The summed E-state index contributed by atoms with van der Waals surface area (Å²) in [6.45, 7) is 1.79. The fraction of sp³-hybridized carbons (Fsp3) is 0.409. The second kappa shape index (κ2) is 6.47. The highest BCUT2D eigenvalue weighted by atomic mass is 16.6. The van der Waals surface area contributed by atoms with Crippen LogP contribution < -0.4 is 0 Å². The summed E-state index contributed by atoms with van der Waals surface area (Å²) in [5.41, 5.74) is 0.172. The summed E-state index contributed by atoms with van der Waals surface area (Å²) in [5.74, 6) is -2.15. The largest absolute Gasteiger partial charge is 0.472 e. The highest BCUT2D eigenvalue weighted by Gasteiger charge is 2.67. The zero-order valence-corrected chi connectivity index (χ0v) is 15.8. The molecule has 6 atom stereocenters. The molecule has 0 bridgehead atoms. The van der Waals surface area contributed by atoms with Crippen LogP contribution in [0.4, 0.5) is 0 Å². The van der Waals surface area contributed by atoms with E-state index >= 15 is 0 Å². The van der Waals surface area contributed by atoms with E-state index in [1.54, 1.807) is 37.3 Å². The van der Waals surface area contributed by atoms with Gasteiger partial charge in [0, 0.05) is 17.9 Å². The third kappa shape index (κ3) is 2.75. The molecule has 1 aromatic heterocycles. The van der Waals surface area contributed by atoms with E-state index in [1.807, 2.05) is 6.07 Å². The number of esters is 3. The Bertz CT molecular complexity index is 951. The van der Waals surface area contributed by atoms with Gasteiger partial charge in [0.25, 0.3) is 0 Å². The molecule has 1 saturated carbocycles. The minimum atomic E-state index is -0.920. The lowest BCUT2D eigenvalue weighted by Crippen LogP contribution is -2.53. The van der Waals surface area contributed by atoms with Gasteiger partial charge in [-0.25, -0.2) is 4.79 Å². The van der Waals surface area contributed by atoms with Crippen LogP contribution in [0.3, 0.4) is 0 Å². The van der Waals surface area contributed by atoms with Gasteiger partial charge in [-0.3, -0.25) is 9.59 Å². The number of furan rings is 1. The summed E-state index contributed by atoms with van der Waals surface area (Å²) >= 11 is 0. The smallest absolute Gasteiger partial charge is 0.338 e. The minimum absolute atomic E-state index is 0.308. The molecular weight excluding hydrogens is 376 g/mol. The number of cyclic esters (lactones) is 1. The number of benzene rings is 1. The Morgan fingerprint density at radius 1 is 1.14 bits per heavy atom. The summed E-state index contributed by atoms with van der Waals surface area (Å²) in [4.78, 5) is 38.2. The van der Waals surface area contributed by atoms with Crippen LogP contribution in [0.2, 0.25) is 0 Å². The highest BCUT2D eigenvalue weighted by Crippen LogP contribution is 2.58. The van der Waals surface area contributed by atoms with Crippen LogP contribution in [0, 0.1) is 17.3 Å². The molecule has 1 aromatic carbocycles. The predicted octanol–water partition coefficient (Wildman–Crippen LogP) is 3.06. The van der Waals surface area contributed by atoms with Crippen molar-refractivity contribution in [1.29, 1.82) is 0 Å². The van der Waals surface area contributed by atoms with E-state index in [2.05, 4.69) is 0 Å². The molecule has 5 rings (SSSR count). The van der Waals surface area contributed by atoms with E-state index in [4.69, 9.17) is 18.6 Å². The Kier molecular flexibility index (Phi) is 4.01. The van der Waals surface area contributed by atoms with Gasteiger partial charge in [-0.05, 0) is 31.5 Å². The van der Waals surface area contributed by atoms with Gasteiger partial charge in [0.2, 0.25) is 0 Å². The third-order valence-electron chi connectivity index (χ3n) is 6.40. The first-order valence-corrected chi connectivity index (χ1v) is 9.67. The SMILES string of the molecule is C[C@@]12C[C@@H](OC(=O)c3ccccc3)C[C@@H]3C(=O)O[C@H](c4ccoc4)[C@@H](OC1=O)[C@@H]32. The van der Waals surface area contributed by atoms with Crippen molar-refractivity contribution in [2.75, 3.05) is 0 Å². The number of carbonyl (C=O) groups excluding carboxylic acids is 3. The molecule has 2 aliphatic heterocycles. The lowest BCUT2D eigenvalue weighted by molar-refractivity contribution is -0.188. The van der Waals surface area contributed by atoms with Crippen molar-refractivity contribution in [1.82, 2.24) is 0 Å². The fourth-order valence-electron chi connectivity index (χ4n) is 5.06. The molecule has 0 spiro atoms. The maximum Gasteiger partial charge on any atom is 0.338 e. The van der Waals surface area contributed by atoms with Crippen LogP contribution in [-0.2, 0) is 23.8 Å². The van der Waals surface area contributed by atoms with Gasteiger partial charge in [-0.15, -0.1) is 0 Å². The average molecular weight is 396 g/mol. The van der Waals surface area contributed by atoms with E-state index in [0.717, 1.165) is 0 Å². The van der Waals surface area contributed by atoms with Gasteiger partial charge < -0.3 is 18.6 Å². The van der Waals surface area contributed by atoms with E-state index in [-0.39, 0.29) is 11.9 Å². The topological polar surface area (TPSA) is 92.0 Å². The summed E-state index contributed by atoms with van der Waals surface area (Å²) in [5, 5.41) is 0. The summed E-state index contributed by atoms with van der Waals surface area (Å²) in [7, 11) is 0. The molecular formula is C22H20O7. The summed E-state index contributed by atoms with van der Waals surface area (Å²) in [6.07, 6.45) is 1.78. The summed E-state index contributed by atoms with van der Waals surface area (Å²) in [6, 6.07) is 10.4. The fourth-order valence-corrected chi connectivity index (χ4v) is 5.06. The molecule has 0 amide bonds. The van der Waals surface area contributed by atoms with Crippen LogP contribution in [-0.4, -0.2) is 30.1 Å². The molecule has 0 unspecified atom stereocenters. The number of ether oxygens (including phenoxy) is 3. The average Bonchev–Trinajstić information content (AvgIpc) is 3.33. The maximum atomic E-state index is 12.8. The van der Waals surface area contributed by atoms with Crippen molar-refractivity contribution >= 4 is 17.9 Å². The molecule has 3 aliphatic rings. The molecule has 1 aliphatic carbocycles. The van der Waals surface area contributed by atoms with Gasteiger partial charge >= 0.3 is 17.9 Å². The first-order chi connectivity index (χ1) is 14.0. The molecule has 7 heteroatoms. The molecule has 150 valence electrons. The van der Waals surface area contributed by atoms with Gasteiger partial charge in [0.15, 0.2) is 6.10 Å². The van der Waals surface area contributed by atoms with Gasteiger partial charge in [-0.2, -0.15) is 0 Å². The number of hydrogen-bond donors (Lipinski definition) is 0. The van der Waals surface area contributed by atoms with Crippen LogP contribution >= 0.6 is 0 Å². The van der Waals surface area contributed by atoms with Crippen molar-refractivity contribution in [3.63, 3.8) is 0 Å². The van der Waals surface area contributed by atoms with E-state index in [0.29, 0.717) is 24.0 Å². The second-order valence-electron chi connectivity index (χ2n) is 8.17. The molecule has 3 heterocycles. The van der Waals surface area contributed by atoms with Crippen molar-refractivity contribution in [3.8, 4) is 0 Å². The molecule has 0 radical (unpaired) electrons. The molecule has 2 aromatic rings. The maximum absolute atomic E-state index is 12.8. The highest BCUT2D eigenvalue weighted by molar-refractivity contribution is 5.89. The van der Waals surface area contributed by atoms with E-state index in [9.17, 15) is 14.4 Å². The van der Waals surface area contributed by atoms with Crippen LogP contribution in [0.5, 0.6) is 0 Å². The monoisotopic (exact) mass is 396 g/mol. The van der Waals surface area contributed by atoms with Crippen LogP contribution in [0.15, 0.2) is 53.3 Å². The Balaban J connectivity index is 1.42. The quantitative estimate of drug-likeness (QED) is 0.581. The summed E-state index contributed by atoms with van der Waals surface area (Å²) < 4.78 is 22.1. The normalized spacial score (nSPS) is 35.4. The third-order valence-corrected chi connectivity index (χ3v) is 6.40. The van der Waals surface area contributed by atoms with Crippen molar-refractivity contribution < 1.29 is 33.0 Å². The van der Waals surface area contributed by atoms with Gasteiger partial charge in [0.05, 0.1) is 29.4 Å². The molecule has 2 saturated heterocycles. The Labute approximate surface area is 166 Å². The molecule has 0 N–H and O–H groups in total. The minimum Gasteiger partial charge on any atom is -0.472 e. The Hall–Kier alpha value is -3.09. The Morgan fingerprint density at radius 2 is 1.93 bits per heavy atom. The second-order valence-corrected chi connectivity index (χ2v) is 8.17. The van der Waals surface area contributed by atoms with Crippen molar-refractivity contribution in [3.05, 3.63) is 60.1 Å². The zero-order chi connectivity index (χ0) is 20.2. The molecule has 29 heavy (non-hydrogen) atoms. The van der Waals surface area contributed by atoms with Crippen LogP contribution in [0.25, 0.3) is 0 Å². The lowest BCUT2D eigenvalue weighted by atomic mass is 9.59. The lowest BCUT2D eigenvalue weighted by Gasteiger charge is -2.45.